The van der Waals surface area contributed by atoms with Crippen LogP contribution in [0.15, 0.2) is 30.6 Å². The first kappa shape index (κ1) is 13.7. The Kier molecular flexibility index (Phi) is 4.09. The number of hydrogen-bond acceptors (Lipinski definition) is 4. The molecule has 0 spiro atoms. The van der Waals surface area contributed by atoms with Crippen molar-refractivity contribution >= 4 is 17.5 Å². The second kappa shape index (κ2) is 5.96. The van der Waals surface area contributed by atoms with Gasteiger partial charge in [-0.3, -0.25) is 14.7 Å². The zero-order valence-corrected chi connectivity index (χ0v) is 11.3. The maximum atomic E-state index is 12.3. The first-order valence-electron chi connectivity index (χ1n) is 6.03. The molecule has 0 saturated carbocycles. The Balaban J connectivity index is 2.10. The first-order valence-corrected chi connectivity index (χ1v) is 6.03. The molecule has 2 amide bonds. The van der Waals surface area contributed by atoms with Crippen molar-refractivity contribution in [3.05, 3.63) is 42.0 Å². The minimum absolute atomic E-state index is 0.159. The Morgan fingerprint density at radius 1 is 1.40 bits per heavy atom. The third-order valence-electron chi connectivity index (χ3n) is 2.63. The van der Waals surface area contributed by atoms with Crippen LogP contribution in [0.25, 0.3) is 0 Å². The third-order valence-corrected chi connectivity index (χ3v) is 2.63. The van der Waals surface area contributed by atoms with Gasteiger partial charge in [-0.25, -0.2) is 4.98 Å². The van der Waals surface area contributed by atoms with Gasteiger partial charge in [0, 0.05) is 25.2 Å². The van der Waals surface area contributed by atoms with Crippen molar-refractivity contribution in [1.82, 2.24) is 20.1 Å². The van der Waals surface area contributed by atoms with Crippen LogP contribution >= 0.6 is 0 Å². The molecule has 20 heavy (non-hydrogen) atoms. The zero-order valence-electron chi connectivity index (χ0n) is 11.3. The summed E-state index contributed by atoms with van der Waals surface area (Å²) in [5.74, 6) is 0.275. The number of H-pyrrole nitrogens is 1. The Labute approximate surface area is 116 Å². The van der Waals surface area contributed by atoms with Crippen LogP contribution in [0.5, 0.6) is 0 Å². The van der Waals surface area contributed by atoms with Gasteiger partial charge in [0.1, 0.15) is 12.2 Å². The van der Waals surface area contributed by atoms with Gasteiger partial charge in [-0.15, -0.1) is 0 Å². The molecule has 0 unspecified atom stereocenters. The van der Waals surface area contributed by atoms with E-state index in [9.17, 15) is 9.59 Å². The van der Waals surface area contributed by atoms with E-state index < -0.39 is 0 Å². The second-order valence-corrected chi connectivity index (χ2v) is 4.36. The highest BCUT2D eigenvalue weighted by molar-refractivity contribution is 5.96. The predicted molar refractivity (Wildman–Crippen MR) is 72.9 cm³/mol. The summed E-state index contributed by atoms with van der Waals surface area (Å²) in [6.45, 7) is 1.76. The normalized spacial score (nSPS) is 10.1. The van der Waals surface area contributed by atoms with Crippen LogP contribution < -0.4 is 5.32 Å². The van der Waals surface area contributed by atoms with E-state index in [0.717, 1.165) is 0 Å². The van der Waals surface area contributed by atoms with Crippen LogP contribution in [0.3, 0.4) is 0 Å². The Bertz CT molecular complexity index is 609. The monoisotopic (exact) mass is 273 g/mol. The Morgan fingerprint density at radius 2 is 2.20 bits per heavy atom. The van der Waals surface area contributed by atoms with Gasteiger partial charge in [0.2, 0.25) is 5.91 Å². The van der Waals surface area contributed by atoms with Crippen LogP contribution in [0.1, 0.15) is 23.1 Å². The van der Waals surface area contributed by atoms with Crippen molar-refractivity contribution in [2.45, 2.75) is 13.5 Å². The van der Waals surface area contributed by atoms with Crippen LogP contribution in [-0.4, -0.2) is 38.9 Å². The fourth-order valence-electron chi connectivity index (χ4n) is 1.76. The molecule has 0 saturated heterocycles. The van der Waals surface area contributed by atoms with Crippen molar-refractivity contribution in [3.63, 3.8) is 0 Å². The minimum atomic E-state index is -0.176. The molecule has 104 valence electrons. The molecule has 7 heteroatoms. The van der Waals surface area contributed by atoms with Gasteiger partial charge in [-0.05, 0) is 18.2 Å². The molecular formula is C13H15N5O2. The summed E-state index contributed by atoms with van der Waals surface area (Å²) >= 11 is 0. The highest BCUT2D eigenvalue weighted by Gasteiger charge is 2.13. The summed E-state index contributed by atoms with van der Waals surface area (Å²) < 4.78 is 0. The van der Waals surface area contributed by atoms with Crippen LogP contribution in [0.4, 0.5) is 5.69 Å². The van der Waals surface area contributed by atoms with Crippen molar-refractivity contribution in [3.8, 4) is 0 Å². The molecule has 1 heterocycles. The summed E-state index contributed by atoms with van der Waals surface area (Å²) in [6.07, 6.45) is 1.39. The molecule has 0 aliphatic rings. The number of hydrogen-bond donors (Lipinski definition) is 2. The van der Waals surface area contributed by atoms with E-state index in [1.165, 1.54) is 18.2 Å². The predicted octanol–water partition coefficient (Wildman–Crippen LogP) is 1.04. The Morgan fingerprint density at radius 3 is 2.85 bits per heavy atom. The maximum absolute atomic E-state index is 12.3. The minimum Gasteiger partial charge on any atom is -0.334 e. The average molecular weight is 273 g/mol. The molecule has 0 aliphatic carbocycles. The number of carbonyl (C=O) groups excluding carboxylic acids is 2. The molecule has 0 aliphatic heterocycles. The number of carbonyl (C=O) groups is 2. The number of aromatic nitrogens is 3. The lowest BCUT2D eigenvalue weighted by Gasteiger charge is -2.16. The van der Waals surface area contributed by atoms with Crippen LogP contribution in [-0.2, 0) is 11.3 Å². The van der Waals surface area contributed by atoms with Crippen molar-refractivity contribution in [1.29, 1.82) is 0 Å². The van der Waals surface area contributed by atoms with E-state index in [4.69, 9.17) is 0 Å². The lowest BCUT2D eigenvalue weighted by molar-refractivity contribution is -0.114. The van der Waals surface area contributed by atoms with E-state index in [1.54, 1.807) is 31.3 Å². The molecule has 0 bridgehead atoms. The van der Waals surface area contributed by atoms with E-state index in [-0.39, 0.29) is 11.8 Å². The average Bonchev–Trinajstić information content (AvgIpc) is 2.90. The third kappa shape index (κ3) is 3.41. The second-order valence-electron chi connectivity index (χ2n) is 4.36. The fraction of sp³-hybridized carbons (Fsp3) is 0.231. The summed E-state index contributed by atoms with van der Waals surface area (Å²) in [5, 5.41) is 9.08. The highest BCUT2D eigenvalue weighted by atomic mass is 16.2. The largest absolute Gasteiger partial charge is 0.334 e. The van der Waals surface area contributed by atoms with Gasteiger partial charge < -0.3 is 10.2 Å². The summed E-state index contributed by atoms with van der Waals surface area (Å²) in [4.78, 5) is 28.8. The van der Waals surface area contributed by atoms with E-state index in [0.29, 0.717) is 23.6 Å². The lowest BCUT2D eigenvalue weighted by Crippen LogP contribution is -2.26. The number of nitrogens with one attached hydrogen (secondary N) is 2. The topological polar surface area (TPSA) is 91.0 Å². The number of nitrogens with zero attached hydrogens (tertiary/aromatic N) is 3. The van der Waals surface area contributed by atoms with Gasteiger partial charge in [0.15, 0.2) is 0 Å². The molecule has 0 radical (unpaired) electrons. The Hall–Kier alpha value is -2.70. The van der Waals surface area contributed by atoms with Crippen molar-refractivity contribution in [2.24, 2.45) is 0 Å². The van der Waals surface area contributed by atoms with Crippen LogP contribution in [0.2, 0.25) is 0 Å². The molecule has 2 N–H and O–H groups in total. The quantitative estimate of drug-likeness (QED) is 0.870. The summed E-state index contributed by atoms with van der Waals surface area (Å²) in [6, 6.07) is 6.79. The molecule has 2 rings (SSSR count). The van der Waals surface area contributed by atoms with Crippen molar-refractivity contribution in [2.75, 3.05) is 12.4 Å². The lowest BCUT2D eigenvalue weighted by atomic mass is 10.1. The standard InChI is InChI=1S/C13H15N5O2/c1-9(19)16-11-5-3-4-10(6-11)13(20)18(2)7-12-14-8-15-17-12/h3-6,8H,7H2,1-2H3,(H,16,19)(H,14,15,17). The number of rotatable bonds is 4. The van der Waals surface area contributed by atoms with Gasteiger partial charge in [-0.1, -0.05) is 6.07 Å². The van der Waals surface area contributed by atoms with E-state index in [1.807, 2.05) is 0 Å². The molecule has 7 nitrogen and oxygen atoms in total. The SMILES string of the molecule is CC(=O)Nc1cccc(C(=O)N(C)Cc2ncn[nH]2)c1. The zero-order chi connectivity index (χ0) is 14.5. The van der Waals surface area contributed by atoms with E-state index in [2.05, 4.69) is 20.5 Å². The molecule has 1 aromatic heterocycles. The molecule has 2 aromatic rings. The number of benzene rings is 1. The van der Waals surface area contributed by atoms with E-state index >= 15 is 0 Å². The molecule has 0 atom stereocenters. The van der Waals surface area contributed by atoms with Crippen LogP contribution in [0, 0.1) is 0 Å². The van der Waals surface area contributed by atoms with Gasteiger partial charge in [0.05, 0.1) is 6.54 Å². The fourth-order valence-corrected chi connectivity index (χ4v) is 1.76. The first-order chi connectivity index (χ1) is 9.56. The molecular weight excluding hydrogens is 258 g/mol. The smallest absolute Gasteiger partial charge is 0.254 e. The van der Waals surface area contributed by atoms with Gasteiger partial charge in [-0.2, -0.15) is 5.10 Å². The number of anilines is 1. The molecule has 0 fully saturated rings. The maximum Gasteiger partial charge on any atom is 0.254 e. The molecule has 1 aromatic carbocycles. The number of amides is 2. The van der Waals surface area contributed by atoms with Gasteiger partial charge in [0.25, 0.3) is 5.91 Å². The summed E-state index contributed by atoms with van der Waals surface area (Å²) in [5.41, 5.74) is 1.09. The van der Waals surface area contributed by atoms with Gasteiger partial charge >= 0.3 is 0 Å². The summed E-state index contributed by atoms with van der Waals surface area (Å²) in [7, 11) is 1.68. The number of aromatic amines is 1. The van der Waals surface area contributed by atoms with Crippen molar-refractivity contribution < 1.29 is 9.59 Å². The highest BCUT2D eigenvalue weighted by Crippen LogP contribution is 2.13.